The second-order valence-corrected chi connectivity index (χ2v) is 12.4. The molecule has 2 aliphatic rings. The molecule has 11 heteroatoms. The Balaban J connectivity index is 1.57. The fourth-order valence-corrected chi connectivity index (χ4v) is 6.21. The number of methoxy groups -OCH3 is 1. The van der Waals surface area contributed by atoms with Crippen LogP contribution in [0.2, 0.25) is 0 Å². The maximum Gasteiger partial charge on any atom is 0.338 e. The molecule has 9 nitrogen and oxygen atoms in total. The van der Waals surface area contributed by atoms with Crippen LogP contribution in [-0.4, -0.2) is 99.5 Å². The van der Waals surface area contributed by atoms with E-state index in [1.807, 2.05) is 24.3 Å². The number of halogens is 1. The highest BCUT2D eigenvalue weighted by Gasteiger charge is 2.30. The van der Waals surface area contributed by atoms with Gasteiger partial charge < -0.3 is 14.5 Å². The molecule has 2 aromatic carbocycles. The number of nitrogens with zero attached hydrogens (tertiary/aromatic N) is 4. The molecule has 39 heavy (non-hydrogen) atoms. The Bertz CT molecular complexity index is 1280. The summed E-state index contributed by atoms with van der Waals surface area (Å²) in [6.07, 6.45) is 0. The first-order chi connectivity index (χ1) is 18.6. The lowest BCUT2D eigenvalue weighted by molar-refractivity contribution is 0.0599. The van der Waals surface area contributed by atoms with Gasteiger partial charge in [-0.25, -0.2) is 22.4 Å². The third-order valence-electron chi connectivity index (χ3n) is 7.54. The third kappa shape index (κ3) is 7.14. The van der Waals surface area contributed by atoms with Crippen LogP contribution >= 0.6 is 0 Å². The maximum atomic E-state index is 15.1. The molecule has 0 aliphatic carbocycles. The van der Waals surface area contributed by atoms with Gasteiger partial charge in [0.05, 0.1) is 30.7 Å². The van der Waals surface area contributed by atoms with Gasteiger partial charge in [0, 0.05) is 57.1 Å². The normalized spacial score (nSPS) is 18.1. The molecule has 0 saturated carbocycles. The third-order valence-corrected chi connectivity index (χ3v) is 9.15. The van der Waals surface area contributed by atoms with E-state index in [9.17, 15) is 18.0 Å². The minimum atomic E-state index is -3.18. The van der Waals surface area contributed by atoms with Crippen molar-refractivity contribution >= 4 is 27.5 Å². The molecule has 2 fully saturated rings. The predicted octanol–water partition coefficient (Wildman–Crippen LogP) is 2.92. The van der Waals surface area contributed by atoms with E-state index in [2.05, 4.69) is 16.7 Å². The van der Waals surface area contributed by atoms with E-state index in [4.69, 9.17) is 4.74 Å². The number of ether oxygens (including phenoxy) is 1. The molecular formula is C28H37FN4O5S. The average molecular weight is 561 g/mol. The standard InChI is InChI=1S/C28H37FN4O5S/c1-4-30-9-11-31(12-10-30)19-22-5-7-24(8-6-22)33(28(35)32-13-15-39(36,37)16-14-32)20-23-17-21(2)25(18-26(23)29)27(34)38-3/h5-8,17-18H,4,9-16,19-20H2,1-3H3. The summed E-state index contributed by atoms with van der Waals surface area (Å²) in [5, 5.41) is 0. The molecule has 0 unspecified atom stereocenters. The number of likely N-dealkylation sites (N-methyl/N-ethyl adjacent to an activating group) is 1. The van der Waals surface area contributed by atoms with Crippen molar-refractivity contribution in [2.24, 2.45) is 0 Å². The molecule has 212 valence electrons. The van der Waals surface area contributed by atoms with E-state index in [1.54, 1.807) is 13.0 Å². The quantitative estimate of drug-likeness (QED) is 0.481. The molecule has 2 amide bonds. The van der Waals surface area contributed by atoms with Crippen molar-refractivity contribution in [1.82, 2.24) is 14.7 Å². The summed E-state index contributed by atoms with van der Waals surface area (Å²) in [7, 11) is -1.94. The number of hydrogen-bond donors (Lipinski definition) is 0. The zero-order valence-corrected chi connectivity index (χ0v) is 23.7. The van der Waals surface area contributed by atoms with Gasteiger partial charge in [-0.3, -0.25) is 9.80 Å². The lowest BCUT2D eigenvalue weighted by Gasteiger charge is -2.34. The fourth-order valence-electron chi connectivity index (χ4n) is 5.01. The number of benzene rings is 2. The van der Waals surface area contributed by atoms with Crippen LogP contribution in [0, 0.1) is 12.7 Å². The molecule has 0 atom stereocenters. The minimum Gasteiger partial charge on any atom is -0.465 e. The number of sulfone groups is 1. The molecule has 4 rings (SSSR count). The van der Waals surface area contributed by atoms with Gasteiger partial charge in [0.2, 0.25) is 0 Å². The Morgan fingerprint density at radius 3 is 2.18 bits per heavy atom. The van der Waals surface area contributed by atoms with Crippen molar-refractivity contribution in [3.8, 4) is 0 Å². The number of amides is 2. The Hall–Kier alpha value is -3.02. The van der Waals surface area contributed by atoms with Crippen LogP contribution in [0.1, 0.15) is 34.0 Å². The summed E-state index contributed by atoms with van der Waals surface area (Å²) in [5.74, 6) is -1.45. The van der Waals surface area contributed by atoms with Crippen molar-refractivity contribution in [3.63, 3.8) is 0 Å². The first-order valence-corrected chi connectivity index (χ1v) is 15.1. The number of anilines is 1. The van der Waals surface area contributed by atoms with E-state index in [1.165, 1.54) is 16.9 Å². The molecule has 2 heterocycles. The number of aryl methyl sites for hydroxylation is 1. The van der Waals surface area contributed by atoms with E-state index < -0.39 is 21.6 Å². The van der Waals surface area contributed by atoms with E-state index in [0.717, 1.165) is 50.9 Å². The van der Waals surface area contributed by atoms with Gasteiger partial charge in [-0.05, 0) is 42.8 Å². The molecule has 0 radical (unpaired) electrons. The number of hydrogen-bond acceptors (Lipinski definition) is 7. The maximum absolute atomic E-state index is 15.1. The summed E-state index contributed by atoms with van der Waals surface area (Å²) >= 11 is 0. The number of urea groups is 1. The molecule has 0 N–H and O–H groups in total. The molecule has 0 spiro atoms. The first kappa shape index (κ1) is 29.0. The van der Waals surface area contributed by atoms with Gasteiger partial charge in [0.25, 0.3) is 0 Å². The van der Waals surface area contributed by atoms with Crippen molar-refractivity contribution in [2.75, 3.05) is 69.3 Å². The lowest BCUT2D eigenvalue weighted by atomic mass is 10.0. The smallest absolute Gasteiger partial charge is 0.338 e. The Morgan fingerprint density at radius 2 is 1.59 bits per heavy atom. The van der Waals surface area contributed by atoms with Crippen LogP contribution in [0.25, 0.3) is 0 Å². The van der Waals surface area contributed by atoms with Crippen molar-refractivity contribution in [3.05, 3.63) is 64.5 Å². The summed E-state index contributed by atoms with van der Waals surface area (Å²) < 4.78 is 43.8. The summed E-state index contributed by atoms with van der Waals surface area (Å²) in [4.78, 5) is 33.4. The number of piperazine rings is 1. The highest BCUT2D eigenvalue weighted by molar-refractivity contribution is 7.91. The van der Waals surface area contributed by atoms with E-state index in [-0.39, 0.29) is 48.3 Å². The van der Waals surface area contributed by atoms with Crippen molar-refractivity contribution in [1.29, 1.82) is 0 Å². The number of carbonyl (C=O) groups excluding carboxylic acids is 2. The predicted molar refractivity (Wildman–Crippen MR) is 148 cm³/mol. The van der Waals surface area contributed by atoms with Crippen LogP contribution < -0.4 is 4.90 Å². The first-order valence-electron chi connectivity index (χ1n) is 13.3. The van der Waals surface area contributed by atoms with Gasteiger partial charge in [-0.15, -0.1) is 0 Å². The molecule has 2 saturated heterocycles. The number of carbonyl (C=O) groups is 2. The number of esters is 1. The molecule has 0 bridgehead atoms. The van der Waals surface area contributed by atoms with Gasteiger partial charge in [-0.1, -0.05) is 25.1 Å². The van der Waals surface area contributed by atoms with Crippen LogP contribution in [0.5, 0.6) is 0 Å². The summed E-state index contributed by atoms with van der Waals surface area (Å²) in [6.45, 7) is 9.90. The van der Waals surface area contributed by atoms with Gasteiger partial charge in [0.1, 0.15) is 5.82 Å². The molecule has 2 aromatic rings. The Labute approximate surface area is 230 Å². The minimum absolute atomic E-state index is 0.0749. The summed E-state index contributed by atoms with van der Waals surface area (Å²) in [6, 6.07) is 9.95. The SMILES string of the molecule is CCN1CCN(Cc2ccc(N(Cc3cc(C)c(C(=O)OC)cc3F)C(=O)N3CCS(=O)(=O)CC3)cc2)CC1. The molecular weight excluding hydrogens is 523 g/mol. The monoisotopic (exact) mass is 560 g/mol. The second kappa shape index (κ2) is 12.4. The largest absolute Gasteiger partial charge is 0.465 e. The van der Waals surface area contributed by atoms with Gasteiger partial charge in [-0.2, -0.15) is 0 Å². The zero-order chi connectivity index (χ0) is 28.2. The molecule has 2 aliphatic heterocycles. The highest BCUT2D eigenvalue weighted by Crippen LogP contribution is 2.25. The van der Waals surface area contributed by atoms with Crippen LogP contribution in [0.15, 0.2) is 36.4 Å². The number of rotatable bonds is 7. The van der Waals surface area contributed by atoms with Crippen LogP contribution in [-0.2, 0) is 27.7 Å². The second-order valence-electron chi connectivity index (χ2n) is 10.1. The highest BCUT2D eigenvalue weighted by atomic mass is 32.2. The summed E-state index contributed by atoms with van der Waals surface area (Å²) in [5.41, 5.74) is 2.61. The van der Waals surface area contributed by atoms with Gasteiger partial charge >= 0.3 is 12.0 Å². The fraction of sp³-hybridized carbons (Fsp3) is 0.500. The van der Waals surface area contributed by atoms with Crippen LogP contribution in [0.4, 0.5) is 14.9 Å². The topological polar surface area (TPSA) is 90.5 Å². The van der Waals surface area contributed by atoms with Crippen LogP contribution in [0.3, 0.4) is 0 Å². The molecule has 0 aromatic heterocycles. The van der Waals surface area contributed by atoms with Crippen molar-refractivity contribution in [2.45, 2.75) is 26.9 Å². The zero-order valence-electron chi connectivity index (χ0n) is 22.9. The lowest BCUT2D eigenvalue weighted by Crippen LogP contribution is -2.49. The van der Waals surface area contributed by atoms with Gasteiger partial charge in [0.15, 0.2) is 9.84 Å². The van der Waals surface area contributed by atoms with E-state index in [0.29, 0.717) is 11.3 Å². The Morgan fingerprint density at radius 1 is 0.974 bits per heavy atom. The average Bonchev–Trinajstić information content (AvgIpc) is 2.93. The van der Waals surface area contributed by atoms with Crippen molar-refractivity contribution < 1.29 is 27.1 Å². The van der Waals surface area contributed by atoms with E-state index >= 15 is 4.39 Å². The Kier molecular flexibility index (Phi) is 9.24.